The Morgan fingerprint density at radius 1 is 1.26 bits per heavy atom. The number of hydrogen-bond donors (Lipinski definition) is 1. The van der Waals surface area contributed by atoms with Gasteiger partial charge >= 0.3 is 0 Å². The molecule has 0 radical (unpaired) electrons. The van der Waals surface area contributed by atoms with Crippen LogP contribution in [0.4, 0.5) is 0 Å². The SMILES string of the molecule is COc1ccc(OC)c(-c2nc(C)c(Br)c(=O)[nH]2)c1. The van der Waals surface area contributed by atoms with Crippen LogP contribution >= 0.6 is 15.9 Å². The smallest absolute Gasteiger partial charge is 0.265 e. The maximum Gasteiger partial charge on any atom is 0.265 e. The van der Waals surface area contributed by atoms with Crippen LogP contribution in [-0.4, -0.2) is 24.2 Å². The van der Waals surface area contributed by atoms with E-state index in [-0.39, 0.29) is 5.56 Å². The molecule has 0 amide bonds. The molecule has 2 rings (SSSR count). The number of nitrogens with one attached hydrogen (secondary N) is 1. The van der Waals surface area contributed by atoms with Gasteiger partial charge in [-0.3, -0.25) is 4.79 Å². The number of rotatable bonds is 3. The molecule has 0 atom stereocenters. The Hall–Kier alpha value is -1.82. The lowest BCUT2D eigenvalue weighted by atomic mass is 10.1. The molecule has 0 aliphatic rings. The van der Waals surface area contributed by atoms with Crippen LogP contribution in [-0.2, 0) is 0 Å². The molecular formula is C13H13BrN2O3. The first-order valence-corrected chi connectivity index (χ1v) is 6.35. The lowest BCUT2D eigenvalue weighted by molar-refractivity contribution is 0.404. The van der Waals surface area contributed by atoms with E-state index < -0.39 is 0 Å². The molecule has 1 heterocycles. The Balaban J connectivity index is 2.66. The summed E-state index contributed by atoms with van der Waals surface area (Å²) in [6.07, 6.45) is 0. The van der Waals surface area contributed by atoms with E-state index >= 15 is 0 Å². The molecule has 6 heteroatoms. The summed E-state index contributed by atoms with van der Waals surface area (Å²) >= 11 is 3.19. The molecule has 0 aliphatic heterocycles. The van der Waals surface area contributed by atoms with Crippen molar-refractivity contribution in [3.63, 3.8) is 0 Å². The maximum atomic E-state index is 11.8. The first-order chi connectivity index (χ1) is 9.06. The van der Waals surface area contributed by atoms with E-state index in [1.807, 2.05) is 0 Å². The van der Waals surface area contributed by atoms with Crippen LogP contribution in [0.2, 0.25) is 0 Å². The van der Waals surface area contributed by atoms with Gasteiger partial charge in [-0.05, 0) is 41.1 Å². The van der Waals surface area contributed by atoms with Gasteiger partial charge in [-0.25, -0.2) is 4.98 Å². The van der Waals surface area contributed by atoms with Gasteiger partial charge in [-0.1, -0.05) is 0 Å². The second kappa shape index (κ2) is 5.44. The van der Waals surface area contributed by atoms with Gasteiger partial charge in [0.25, 0.3) is 5.56 Å². The molecule has 5 nitrogen and oxygen atoms in total. The van der Waals surface area contributed by atoms with Crippen LogP contribution < -0.4 is 15.0 Å². The van der Waals surface area contributed by atoms with Gasteiger partial charge < -0.3 is 14.5 Å². The first kappa shape index (κ1) is 13.6. The zero-order chi connectivity index (χ0) is 14.0. The number of benzene rings is 1. The van der Waals surface area contributed by atoms with Gasteiger partial charge in [-0.15, -0.1) is 0 Å². The highest BCUT2D eigenvalue weighted by Gasteiger charge is 2.12. The highest BCUT2D eigenvalue weighted by Crippen LogP contribution is 2.31. The first-order valence-electron chi connectivity index (χ1n) is 5.55. The molecule has 0 saturated carbocycles. The third-order valence-electron chi connectivity index (χ3n) is 2.69. The van der Waals surface area contributed by atoms with Crippen LogP contribution in [0.15, 0.2) is 27.5 Å². The second-order valence-electron chi connectivity index (χ2n) is 3.88. The molecule has 1 aromatic carbocycles. The number of methoxy groups -OCH3 is 2. The van der Waals surface area contributed by atoms with Crippen LogP contribution in [0.1, 0.15) is 5.69 Å². The van der Waals surface area contributed by atoms with Gasteiger partial charge in [0, 0.05) is 0 Å². The van der Waals surface area contributed by atoms with E-state index in [4.69, 9.17) is 9.47 Å². The molecule has 0 saturated heterocycles. The summed E-state index contributed by atoms with van der Waals surface area (Å²) in [6, 6.07) is 5.32. The lowest BCUT2D eigenvalue weighted by Gasteiger charge is -2.10. The van der Waals surface area contributed by atoms with Crippen molar-refractivity contribution in [1.82, 2.24) is 9.97 Å². The molecule has 0 bridgehead atoms. The van der Waals surface area contributed by atoms with Gasteiger partial charge in [0.15, 0.2) is 0 Å². The zero-order valence-corrected chi connectivity index (χ0v) is 12.4. The van der Waals surface area contributed by atoms with E-state index in [0.717, 1.165) is 0 Å². The Bertz CT molecular complexity index is 667. The fourth-order valence-electron chi connectivity index (χ4n) is 1.70. The fraction of sp³-hybridized carbons (Fsp3) is 0.231. The third kappa shape index (κ3) is 2.63. The number of nitrogens with zero attached hydrogens (tertiary/aromatic N) is 1. The van der Waals surface area contributed by atoms with E-state index in [1.54, 1.807) is 39.3 Å². The molecule has 0 unspecified atom stereocenters. The second-order valence-corrected chi connectivity index (χ2v) is 4.67. The van der Waals surface area contributed by atoms with Crippen molar-refractivity contribution in [3.05, 3.63) is 38.7 Å². The Kier molecular flexibility index (Phi) is 3.90. The summed E-state index contributed by atoms with van der Waals surface area (Å²) < 4.78 is 10.9. The average Bonchev–Trinajstić information content (AvgIpc) is 2.43. The quantitative estimate of drug-likeness (QED) is 0.942. The van der Waals surface area contributed by atoms with Crippen molar-refractivity contribution in [3.8, 4) is 22.9 Å². The predicted molar refractivity (Wildman–Crippen MR) is 75.8 cm³/mol. The molecule has 19 heavy (non-hydrogen) atoms. The highest BCUT2D eigenvalue weighted by atomic mass is 79.9. The number of hydrogen-bond acceptors (Lipinski definition) is 4. The predicted octanol–water partition coefficient (Wildman–Crippen LogP) is 2.53. The minimum absolute atomic E-state index is 0.229. The number of aryl methyl sites for hydroxylation is 1. The number of aromatic nitrogens is 2. The molecule has 0 spiro atoms. The van der Waals surface area contributed by atoms with Crippen molar-refractivity contribution in [2.24, 2.45) is 0 Å². The molecule has 100 valence electrons. The van der Waals surface area contributed by atoms with E-state index in [1.165, 1.54) is 0 Å². The summed E-state index contributed by atoms with van der Waals surface area (Å²) in [5.41, 5.74) is 1.06. The lowest BCUT2D eigenvalue weighted by Crippen LogP contribution is -2.12. The van der Waals surface area contributed by atoms with Crippen LogP contribution in [0.25, 0.3) is 11.4 Å². The molecule has 1 N–H and O–H groups in total. The van der Waals surface area contributed by atoms with Crippen molar-refractivity contribution < 1.29 is 9.47 Å². The normalized spacial score (nSPS) is 10.3. The van der Waals surface area contributed by atoms with E-state index in [9.17, 15) is 4.79 Å². The zero-order valence-electron chi connectivity index (χ0n) is 10.8. The van der Waals surface area contributed by atoms with Gasteiger partial charge in [0.1, 0.15) is 21.8 Å². The molecular weight excluding hydrogens is 312 g/mol. The van der Waals surface area contributed by atoms with Crippen molar-refractivity contribution in [1.29, 1.82) is 0 Å². The maximum absolute atomic E-state index is 11.8. The van der Waals surface area contributed by atoms with Crippen molar-refractivity contribution in [2.45, 2.75) is 6.92 Å². The van der Waals surface area contributed by atoms with Gasteiger partial charge in [0.05, 0.1) is 25.5 Å². The van der Waals surface area contributed by atoms with Gasteiger partial charge in [0.2, 0.25) is 0 Å². The van der Waals surface area contributed by atoms with Crippen LogP contribution in [0, 0.1) is 6.92 Å². The standard InChI is InChI=1S/C13H13BrN2O3/c1-7-11(14)13(17)16-12(15-7)9-6-8(18-2)4-5-10(9)19-3/h4-6H,1-3H3,(H,15,16,17). The molecule has 1 aromatic heterocycles. The summed E-state index contributed by atoms with van der Waals surface area (Å²) in [5, 5.41) is 0. The van der Waals surface area contributed by atoms with Crippen molar-refractivity contribution >= 4 is 15.9 Å². The average molecular weight is 325 g/mol. The number of H-pyrrole nitrogens is 1. The number of ether oxygens (including phenoxy) is 2. The Morgan fingerprint density at radius 2 is 2.00 bits per heavy atom. The third-order valence-corrected chi connectivity index (χ3v) is 3.62. The number of aromatic amines is 1. The van der Waals surface area contributed by atoms with E-state index in [0.29, 0.717) is 33.1 Å². The molecule has 0 fully saturated rings. The van der Waals surface area contributed by atoms with Gasteiger partial charge in [-0.2, -0.15) is 0 Å². The van der Waals surface area contributed by atoms with E-state index in [2.05, 4.69) is 25.9 Å². The Morgan fingerprint density at radius 3 is 2.58 bits per heavy atom. The van der Waals surface area contributed by atoms with Crippen LogP contribution in [0.5, 0.6) is 11.5 Å². The molecule has 0 aliphatic carbocycles. The topological polar surface area (TPSA) is 64.2 Å². The summed E-state index contributed by atoms with van der Waals surface area (Å²) in [4.78, 5) is 18.8. The monoisotopic (exact) mass is 324 g/mol. The van der Waals surface area contributed by atoms with Crippen LogP contribution in [0.3, 0.4) is 0 Å². The minimum atomic E-state index is -0.229. The summed E-state index contributed by atoms with van der Waals surface area (Å²) in [6.45, 7) is 1.76. The number of halogens is 1. The van der Waals surface area contributed by atoms with Crippen molar-refractivity contribution in [2.75, 3.05) is 14.2 Å². The largest absolute Gasteiger partial charge is 0.497 e. The highest BCUT2D eigenvalue weighted by molar-refractivity contribution is 9.10. The summed E-state index contributed by atoms with van der Waals surface area (Å²) in [7, 11) is 3.14. The Labute approximate surface area is 118 Å². The summed E-state index contributed by atoms with van der Waals surface area (Å²) in [5.74, 6) is 1.73. The fourth-order valence-corrected chi connectivity index (χ4v) is 1.89. The molecule has 2 aromatic rings. The minimum Gasteiger partial charge on any atom is -0.497 e.